The second-order valence-corrected chi connectivity index (χ2v) is 12.5. The Hall–Kier alpha value is -2.80. The fourth-order valence-electron chi connectivity index (χ4n) is 7.59. The number of aryl methyl sites for hydroxylation is 2. The number of rotatable bonds is 8. The molecule has 5 N–H and O–H groups in total. The number of aromatic nitrogens is 8. The van der Waals surface area contributed by atoms with Gasteiger partial charge in [-0.3, -0.25) is 9.59 Å². The Kier molecular flexibility index (Phi) is 9.84. The molecule has 0 bridgehead atoms. The maximum atomic E-state index is 11.5. The van der Waals surface area contributed by atoms with E-state index in [9.17, 15) is 9.59 Å². The van der Waals surface area contributed by atoms with Gasteiger partial charge >= 0.3 is 5.97 Å². The zero-order valence-electron chi connectivity index (χ0n) is 23.5. The van der Waals surface area contributed by atoms with Crippen LogP contribution < -0.4 is 10.6 Å². The summed E-state index contributed by atoms with van der Waals surface area (Å²) in [6, 6.07) is -0.264. The number of aromatic amines is 2. The summed E-state index contributed by atoms with van der Waals surface area (Å²) in [5, 5.41) is 43.8. The van der Waals surface area contributed by atoms with Gasteiger partial charge in [-0.1, -0.05) is 23.3 Å². The summed E-state index contributed by atoms with van der Waals surface area (Å²) in [5.74, 6) is 5.30. The van der Waals surface area contributed by atoms with Crippen molar-refractivity contribution in [3.8, 4) is 0 Å². The molecular formula is C27H44N10O3. The van der Waals surface area contributed by atoms with Crippen molar-refractivity contribution in [1.29, 1.82) is 0 Å². The third-order valence-electron chi connectivity index (χ3n) is 9.95. The Labute approximate surface area is 234 Å². The van der Waals surface area contributed by atoms with Crippen molar-refractivity contribution in [2.75, 3.05) is 13.1 Å². The smallest absolute Gasteiger partial charge is 0.320 e. The van der Waals surface area contributed by atoms with Crippen LogP contribution in [0.3, 0.4) is 0 Å². The molecule has 40 heavy (non-hydrogen) atoms. The van der Waals surface area contributed by atoms with Crippen LogP contribution in [0.15, 0.2) is 0 Å². The molecule has 0 aromatic carbocycles. The lowest BCUT2D eigenvalue weighted by Gasteiger charge is -2.42. The van der Waals surface area contributed by atoms with E-state index in [0.717, 1.165) is 81.5 Å². The molecule has 4 fully saturated rings. The van der Waals surface area contributed by atoms with E-state index in [0.29, 0.717) is 23.7 Å². The van der Waals surface area contributed by atoms with Crippen molar-refractivity contribution in [3.05, 3.63) is 11.6 Å². The Morgan fingerprint density at radius 2 is 1.23 bits per heavy atom. The number of ketones is 1. The van der Waals surface area contributed by atoms with Gasteiger partial charge in [-0.2, -0.15) is 10.4 Å². The lowest BCUT2D eigenvalue weighted by atomic mass is 9.68. The predicted octanol–water partition coefficient (Wildman–Crippen LogP) is 1.73. The number of nitrogens with zero attached hydrogens (tertiary/aromatic N) is 6. The van der Waals surface area contributed by atoms with Gasteiger partial charge in [-0.05, 0) is 107 Å². The highest BCUT2D eigenvalue weighted by Crippen LogP contribution is 2.41. The van der Waals surface area contributed by atoms with Crippen LogP contribution in [0.5, 0.6) is 0 Å². The average Bonchev–Trinajstić information content (AvgIpc) is 3.69. The van der Waals surface area contributed by atoms with Gasteiger partial charge in [0.1, 0.15) is 11.8 Å². The van der Waals surface area contributed by atoms with E-state index >= 15 is 0 Å². The van der Waals surface area contributed by atoms with E-state index in [-0.39, 0.29) is 17.9 Å². The second-order valence-electron chi connectivity index (χ2n) is 12.5. The molecule has 4 heterocycles. The third-order valence-corrected chi connectivity index (χ3v) is 9.95. The second kappa shape index (κ2) is 13.7. The molecule has 13 heteroatoms. The Morgan fingerprint density at radius 1 is 0.725 bits per heavy atom. The van der Waals surface area contributed by atoms with Crippen LogP contribution >= 0.6 is 0 Å². The first-order valence-electron chi connectivity index (χ1n) is 15.1. The maximum absolute atomic E-state index is 11.5. The first-order valence-corrected chi connectivity index (χ1v) is 15.1. The molecule has 2 aromatic heterocycles. The van der Waals surface area contributed by atoms with Gasteiger partial charge in [0, 0.05) is 12.8 Å². The molecule has 4 aliphatic rings. The molecule has 2 saturated carbocycles. The van der Waals surface area contributed by atoms with Crippen molar-refractivity contribution in [1.82, 2.24) is 51.9 Å². The fraction of sp³-hybridized carbons (Fsp3) is 0.852. The van der Waals surface area contributed by atoms with E-state index in [1.165, 1.54) is 32.1 Å². The van der Waals surface area contributed by atoms with Crippen LogP contribution in [0.2, 0.25) is 0 Å². The molecule has 2 saturated heterocycles. The monoisotopic (exact) mass is 556 g/mol. The van der Waals surface area contributed by atoms with E-state index in [1.807, 2.05) is 0 Å². The third kappa shape index (κ3) is 7.68. The van der Waals surface area contributed by atoms with Gasteiger partial charge in [0.2, 0.25) is 0 Å². The molecule has 13 nitrogen and oxygen atoms in total. The van der Waals surface area contributed by atoms with Gasteiger partial charge in [0.15, 0.2) is 11.6 Å². The highest BCUT2D eigenvalue weighted by molar-refractivity contribution is 5.81. The molecular weight excluding hydrogens is 512 g/mol. The topological polar surface area (TPSA) is 187 Å². The number of carboxylic acid groups (broad SMARTS) is 1. The zero-order valence-corrected chi connectivity index (χ0v) is 23.5. The molecule has 0 unspecified atom stereocenters. The van der Waals surface area contributed by atoms with Crippen LogP contribution in [0, 0.1) is 35.5 Å². The molecule has 0 spiro atoms. The summed E-state index contributed by atoms with van der Waals surface area (Å²) in [6.45, 7) is 3.58. The molecule has 6 rings (SSSR count). The highest BCUT2D eigenvalue weighted by atomic mass is 16.4. The number of nitrogens with one attached hydrogen (secondary N) is 4. The van der Waals surface area contributed by atoms with Crippen LogP contribution in [-0.4, -0.2) is 83.3 Å². The number of carboxylic acids is 1. The van der Waals surface area contributed by atoms with Gasteiger partial charge < -0.3 is 15.7 Å². The largest absolute Gasteiger partial charge is 0.480 e. The first kappa shape index (κ1) is 28.7. The summed E-state index contributed by atoms with van der Waals surface area (Å²) in [5.41, 5.74) is 0. The number of hydrogen-bond acceptors (Lipinski definition) is 10. The van der Waals surface area contributed by atoms with E-state index < -0.39 is 5.97 Å². The summed E-state index contributed by atoms with van der Waals surface area (Å²) in [6.07, 6.45) is 13.2. The first-order chi connectivity index (χ1) is 19.4. The van der Waals surface area contributed by atoms with Gasteiger partial charge in [0.25, 0.3) is 0 Å². The van der Waals surface area contributed by atoms with E-state index in [1.54, 1.807) is 6.92 Å². The number of Topliss-reactive ketones (excluding diaryl/α,β-unsaturated/α-hetero) is 1. The van der Waals surface area contributed by atoms with Crippen LogP contribution in [0.1, 0.15) is 82.8 Å². The summed E-state index contributed by atoms with van der Waals surface area (Å²) in [4.78, 5) is 22.6. The number of hydrogen-bond donors (Lipinski definition) is 5. The summed E-state index contributed by atoms with van der Waals surface area (Å²) >= 11 is 0. The standard InChI is InChI=1S/C14H23N5O.C13H21N5O2/c1-9(20)13-7-12-6-10(2-4-11(12)8-15-13)3-5-14-16-18-19-17-14;19-13(20)11-6-10-5-8(1-3-9(10)7-14-11)2-4-12-15-17-18-16-12/h10-13,15H,2-8H2,1H3,(H,16,17,18,19);8-11,14H,1-7H2,(H,19,20)(H,15,16,17,18)/t10-,11+,12-,13+;8-,9+,10-,11+/m11/s1. The zero-order chi connectivity index (χ0) is 27.9. The SMILES string of the molecule is CC(=O)[C@@H]1C[C@H]2C[C@@H](CCc3nn[nH]n3)CC[C@H]2CN1.O=C(O)[C@@H]1C[C@H]2C[C@@H](CCc3nn[nH]n3)CC[C@H]2CN1. The van der Waals surface area contributed by atoms with E-state index in [4.69, 9.17) is 5.11 Å². The Bertz CT molecular complexity index is 981. The Morgan fingerprint density at radius 3 is 1.68 bits per heavy atom. The predicted molar refractivity (Wildman–Crippen MR) is 145 cm³/mol. The Balaban J connectivity index is 0.000000161. The van der Waals surface area contributed by atoms with Crippen molar-refractivity contribution in [2.45, 2.75) is 96.1 Å². The summed E-state index contributed by atoms with van der Waals surface area (Å²) < 4.78 is 0. The molecule has 220 valence electrons. The lowest BCUT2D eigenvalue weighted by Crippen LogP contribution is -2.49. The van der Waals surface area contributed by atoms with Crippen molar-refractivity contribution < 1.29 is 14.7 Å². The van der Waals surface area contributed by atoms with Crippen molar-refractivity contribution in [2.24, 2.45) is 35.5 Å². The van der Waals surface area contributed by atoms with Gasteiger partial charge in [-0.15, -0.1) is 20.4 Å². The van der Waals surface area contributed by atoms with Gasteiger partial charge in [0.05, 0.1) is 6.04 Å². The maximum Gasteiger partial charge on any atom is 0.320 e. The number of carbonyl (C=O) groups excluding carboxylic acids is 1. The van der Waals surface area contributed by atoms with Crippen LogP contribution in [0.25, 0.3) is 0 Å². The molecule has 2 aliphatic heterocycles. The lowest BCUT2D eigenvalue weighted by molar-refractivity contribution is -0.141. The molecule has 2 aliphatic carbocycles. The number of fused-ring (bicyclic) bond motifs is 2. The number of tetrazole rings is 2. The minimum Gasteiger partial charge on any atom is -0.480 e. The number of piperidine rings is 2. The van der Waals surface area contributed by atoms with E-state index in [2.05, 4.69) is 51.9 Å². The van der Waals surface area contributed by atoms with Gasteiger partial charge in [-0.25, -0.2) is 0 Å². The van der Waals surface area contributed by atoms with Crippen molar-refractivity contribution >= 4 is 11.8 Å². The molecule has 8 atom stereocenters. The molecule has 2 aromatic rings. The fourth-order valence-corrected chi connectivity index (χ4v) is 7.59. The number of H-pyrrole nitrogens is 2. The molecule has 0 radical (unpaired) electrons. The quantitative estimate of drug-likeness (QED) is 0.318. The van der Waals surface area contributed by atoms with Crippen LogP contribution in [0.4, 0.5) is 0 Å². The minimum atomic E-state index is -0.711. The number of carbonyl (C=O) groups is 2. The normalized spacial score (nSPS) is 33.6. The highest BCUT2D eigenvalue weighted by Gasteiger charge is 2.38. The summed E-state index contributed by atoms with van der Waals surface area (Å²) in [7, 11) is 0. The number of aliphatic carboxylic acids is 1. The minimum absolute atomic E-state index is 0.0900. The van der Waals surface area contributed by atoms with Crippen molar-refractivity contribution in [3.63, 3.8) is 0 Å². The average molecular weight is 557 g/mol. The molecule has 0 amide bonds. The van der Waals surface area contributed by atoms with Crippen LogP contribution in [-0.2, 0) is 22.4 Å².